The topological polar surface area (TPSA) is 35.2 Å². The number of aryl methyl sites for hydroxylation is 1. The fourth-order valence-electron chi connectivity index (χ4n) is 4.07. The molecule has 2 heteroatoms. The Morgan fingerprint density at radius 1 is 1.00 bits per heavy atom. The third kappa shape index (κ3) is 2.06. The summed E-state index contributed by atoms with van der Waals surface area (Å²) in [5.41, 5.74) is 10.3. The summed E-state index contributed by atoms with van der Waals surface area (Å²) in [5.74, 6) is 2.91. The van der Waals surface area contributed by atoms with Crippen LogP contribution in [0, 0.1) is 6.92 Å². The van der Waals surface area contributed by atoms with Gasteiger partial charge in [-0.25, -0.2) is 0 Å². The molecule has 2 aliphatic rings. The fourth-order valence-corrected chi connectivity index (χ4v) is 4.07. The first-order chi connectivity index (χ1) is 10.0. The van der Waals surface area contributed by atoms with E-state index in [1.807, 2.05) is 6.07 Å². The lowest BCUT2D eigenvalue weighted by Crippen LogP contribution is -2.32. The molecular weight excluding hydrogens is 258 g/mol. The zero-order valence-electron chi connectivity index (χ0n) is 12.6. The van der Waals surface area contributed by atoms with E-state index in [4.69, 9.17) is 10.5 Å². The Labute approximate surface area is 125 Å². The van der Waals surface area contributed by atoms with E-state index in [0.29, 0.717) is 11.8 Å². The predicted molar refractivity (Wildman–Crippen MR) is 85.0 cm³/mol. The van der Waals surface area contributed by atoms with Crippen molar-refractivity contribution in [3.63, 3.8) is 0 Å². The van der Waals surface area contributed by atoms with Crippen molar-refractivity contribution >= 4 is 0 Å². The fraction of sp³-hybridized carbons (Fsp3) is 0.368. The normalized spacial score (nSPS) is 29.9. The second kappa shape index (κ2) is 4.35. The van der Waals surface area contributed by atoms with Gasteiger partial charge in [0.25, 0.3) is 0 Å². The van der Waals surface area contributed by atoms with E-state index in [0.717, 1.165) is 24.3 Å². The molecule has 2 nitrogen and oxygen atoms in total. The molecule has 0 spiro atoms. The standard InChI is InChI=1S/C19H21NO/c1-12-7-8-18-14(9-12)16-11-19(2,20)10-15(16)13-5-3-4-6-17(13)21-18/h3-9,15-16H,10-11,20H2,1-2H3/t15-,16-,19?/m1/s1. The molecule has 1 unspecified atom stereocenters. The Hall–Kier alpha value is -1.80. The Kier molecular flexibility index (Phi) is 2.67. The highest BCUT2D eigenvalue weighted by atomic mass is 16.5. The molecule has 0 bridgehead atoms. The summed E-state index contributed by atoms with van der Waals surface area (Å²) in [5, 5.41) is 0. The number of para-hydroxylation sites is 1. The van der Waals surface area contributed by atoms with Crippen LogP contribution in [-0.2, 0) is 0 Å². The quantitative estimate of drug-likeness (QED) is 0.771. The third-order valence-corrected chi connectivity index (χ3v) is 4.96. The lowest BCUT2D eigenvalue weighted by Gasteiger charge is -2.19. The van der Waals surface area contributed by atoms with Gasteiger partial charge in [-0.05, 0) is 61.8 Å². The second-order valence-electron chi connectivity index (χ2n) is 6.96. The molecule has 0 radical (unpaired) electrons. The van der Waals surface area contributed by atoms with Crippen molar-refractivity contribution in [3.8, 4) is 11.5 Å². The SMILES string of the molecule is Cc1ccc2c(c1)[C@H]1CC(C)(N)C[C@@H]1c1ccccc1O2. The van der Waals surface area contributed by atoms with Crippen LogP contribution < -0.4 is 10.5 Å². The highest BCUT2D eigenvalue weighted by Crippen LogP contribution is 2.56. The lowest BCUT2D eigenvalue weighted by molar-refractivity contribution is 0.452. The number of hydrogen-bond acceptors (Lipinski definition) is 2. The zero-order chi connectivity index (χ0) is 14.6. The maximum Gasteiger partial charge on any atom is 0.130 e. The van der Waals surface area contributed by atoms with Crippen LogP contribution in [0.4, 0.5) is 0 Å². The van der Waals surface area contributed by atoms with Gasteiger partial charge in [0, 0.05) is 5.54 Å². The van der Waals surface area contributed by atoms with Gasteiger partial charge in [0.05, 0.1) is 0 Å². The van der Waals surface area contributed by atoms with Crippen molar-refractivity contribution in [3.05, 3.63) is 59.2 Å². The Balaban J connectivity index is 1.94. The molecule has 0 aromatic heterocycles. The van der Waals surface area contributed by atoms with Crippen molar-refractivity contribution in [2.75, 3.05) is 0 Å². The first-order valence-electron chi connectivity index (χ1n) is 7.70. The van der Waals surface area contributed by atoms with Crippen LogP contribution >= 0.6 is 0 Å². The molecule has 3 atom stereocenters. The first kappa shape index (κ1) is 12.9. The monoisotopic (exact) mass is 279 g/mol. The van der Waals surface area contributed by atoms with Crippen LogP contribution in [-0.4, -0.2) is 5.54 Å². The van der Waals surface area contributed by atoms with Crippen molar-refractivity contribution < 1.29 is 4.74 Å². The van der Waals surface area contributed by atoms with Crippen molar-refractivity contribution in [1.29, 1.82) is 0 Å². The van der Waals surface area contributed by atoms with Crippen LogP contribution in [0.2, 0.25) is 0 Å². The van der Waals surface area contributed by atoms with Gasteiger partial charge in [0.2, 0.25) is 0 Å². The number of nitrogens with two attached hydrogens (primary N) is 1. The van der Waals surface area contributed by atoms with Gasteiger partial charge in [-0.1, -0.05) is 35.9 Å². The molecule has 0 saturated heterocycles. The average Bonchev–Trinajstić information content (AvgIpc) is 2.71. The molecule has 1 saturated carbocycles. The van der Waals surface area contributed by atoms with Gasteiger partial charge >= 0.3 is 0 Å². The molecule has 0 amide bonds. The minimum Gasteiger partial charge on any atom is -0.457 e. The predicted octanol–water partition coefficient (Wildman–Crippen LogP) is 4.48. The Morgan fingerprint density at radius 3 is 2.48 bits per heavy atom. The van der Waals surface area contributed by atoms with Gasteiger partial charge in [0.1, 0.15) is 11.5 Å². The summed E-state index contributed by atoms with van der Waals surface area (Å²) in [4.78, 5) is 0. The molecule has 1 fully saturated rings. The van der Waals surface area contributed by atoms with Gasteiger partial charge in [-0.2, -0.15) is 0 Å². The van der Waals surface area contributed by atoms with Crippen LogP contribution in [0.1, 0.15) is 48.3 Å². The summed E-state index contributed by atoms with van der Waals surface area (Å²) in [7, 11) is 0. The summed E-state index contributed by atoms with van der Waals surface area (Å²) in [6.07, 6.45) is 2.04. The number of fused-ring (bicyclic) bond motifs is 5. The number of ether oxygens (including phenoxy) is 1. The van der Waals surface area contributed by atoms with Crippen molar-refractivity contribution in [1.82, 2.24) is 0 Å². The van der Waals surface area contributed by atoms with Gasteiger partial charge in [0.15, 0.2) is 0 Å². The molecular formula is C19H21NO. The molecule has 1 aliphatic carbocycles. The zero-order valence-corrected chi connectivity index (χ0v) is 12.6. The van der Waals surface area contributed by atoms with E-state index in [2.05, 4.69) is 50.2 Å². The maximum atomic E-state index is 6.50. The maximum absolute atomic E-state index is 6.50. The number of hydrogen-bond donors (Lipinski definition) is 1. The molecule has 4 rings (SSSR count). The molecule has 1 heterocycles. The van der Waals surface area contributed by atoms with E-state index < -0.39 is 0 Å². The van der Waals surface area contributed by atoms with Gasteiger partial charge < -0.3 is 10.5 Å². The van der Waals surface area contributed by atoms with E-state index in [1.54, 1.807) is 0 Å². The molecule has 2 aromatic rings. The smallest absolute Gasteiger partial charge is 0.130 e. The second-order valence-corrected chi connectivity index (χ2v) is 6.96. The third-order valence-electron chi connectivity index (χ3n) is 4.96. The van der Waals surface area contributed by atoms with Crippen LogP contribution in [0.5, 0.6) is 11.5 Å². The van der Waals surface area contributed by atoms with E-state index in [1.165, 1.54) is 16.7 Å². The van der Waals surface area contributed by atoms with E-state index >= 15 is 0 Å². The largest absolute Gasteiger partial charge is 0.457 e. The van der Waals surface area contributed by atoms with Crippen molar-refractivity contribution in [2.24, 2.45) is 5.73 Å². The minimum absolute atomic E-state index is 0.0964. The number of benzene rings is 2. The van der Waals surface area contributed by atoms with Gasteiger partial charge in [-0.15, -0.1) is 0 Å². The average molecular weight is 279 g/mol. The molecule has 2 N–H and O–H groups in total. The summed E-state index contributed by atoms with van der Waals surface area (Å²) in [6.45, 7) is 4.32. The molecule has 21 heavy (non-hydrogen) atoms. The number of rotatable bonds is 0. The summed E-state index contributed by atoms with van der Waals surface area (Å²) < 4.78 is 6.22. The van der Waals surface area contributed by atoms with E-state index in [-0.39, 0.29) is 5.54 Å². The lowest BCUT2D eigenvalue weighted by atomic mass is 9.84. The molecule has 108 valence electrons. The van der Waals surface area contributed by atoms with Crippen LogP contribution in [0.25, 0.3) is 0 Å². The Morgan fingerprint density at radius 2 is 1.67 bits per heavy atom. The molecule has 2 aromatic carbocycles. The van der Waals surface area contributed by atoms with Crippen LogP contribution in [0.3, 0.4) is 0 Å². The Bertz CT molecular complexity index is 704. The van der Waals surface area contributed by atoms with E-state index in [9.17, 15) is 0 Å². The summed E-state index contributed by atoms with van der Waals surface area (Å²) in [6, 6.07) is 14.9. The first-order valence-corrected chi connectivity index (χ1v) is 7.70. The van der Waals surface area contributed by atoms with Crippen molar-refractivity contribution in [2.45, 2.75) is 44.1 Å². The highest BCUT2D eigenvalue weighted by Gasteiger charge is 2.44. The summed E-state index contributed by atoms with van der Waals surface area (Å²) >= 11 is 0. The van der Waals surface area contributed by atoms with Gasteiger partial charge in [-0.3, -0.25) is 0 Å². The minimum atomic E-state index is -0.0964. The highest BCUT2D eigenvalue weighted by molar-refractivity contribution is 5.51. The van der Waals surface area contributed by atoms with Crippen LogP contribution in [0.15, 0.2) is 42.5 Å². The molecule has 1 aliphatic heterocycles.